The third kappa shape index (κ3) is 2.92. The molecule has 0 saturated heterocycles. The second-order valence-electron chi connectivity index (χ2n) is 3.73. The SMILES string of the molecule is CCCC(C)Nc1c(F)cccc1[N+](=O)[O-]. The first-order chi connectivity index (χ1) is 7.56. The third-order valence-corrected chi connectivity index (χ3v) is 2.30. The fourth-order valence-electron chi connectivity index (χ4n) is 1.56. The Morgan fingerprint density at radius 3 is 2.81 bits per heavy atom. The maximum absolute atomic E-state index is 13.4. The van der Waals surface area contributed by atoms with Crippen LogP contribution in [-0.4, -0.2) is 11.0 Å². The van der Waals surface area contributed by atoms with Crippen molar-refractivity contribution in [2.45, 2.75) is 32.7 Å². The minimum absolute atomic E-state index is 0.0144. The van der Waals surface area contributed by atoms with Crippen LogP contribution < -0.4 is 5.32 Å². The molecule has 0 fully saturated rings. The van der Waals surface area contributed by atoms with Crippen molar-refractivity contribution in [3.63, 3.8) is 0 Å². The fourth-order valence-corrected chi connectivity index (χ4v) is 1.56. The lowest BCUT2D eigenvalue weighted by atomic mass is 10.1. The zero-order valence-corrected chi connectivity index (χ0v) is 9.37. The van der Waals surface area contributed by atoms with Crippen molar-refractivity contribution >= 4 is 11.4 Å². The van der Waals surface area contributed by atoms with Gasteiger partial charge >= 0.3 is 0 Å². The van der Waals surface area contributed by atoms with Crippen LogP contribution in [0.15, 0.2) is 18.2 Å². The zero-order chi connectivity index (χ0) is 12.1. The molecule has 0 bridgehead atoms. The second kappa shape index (κ2) is 5.44. The van der Waals surface area contributed by atoms with Crippen molar-refractivity contribution in [3.8, 4) is 0 Å². The number of para-hydroxylation sites is 1. The Morgan fingerprint density at radius 2 is 2.25 bits per heavy atom. The highest BCUT2D eigenvalue weighted by Gasteiger charge is 2.18. The summed E-state index contributed by atoms with van der Waals surface area (Å²) in [6, 6.07) is 3.86. The fraction of sp³-hybridized carbons (Fsp3) is 0.455. The molecule has 0 aromatic heterocycles. The Bertz CT molecular complexity index is 382. The van der Waals surface area contributed by atoms with Gasteiger partial charge < -0.3 is 5.32 Å². The minimum atomic E-state index is -0.586. The standard InChI is InChI=1S/C11H15FN2O2/c1-3-5-8(2)13-11-9(12)6-4-7-10(11)14(15)16/h4,6-8,13H,3,5H2,1-2H3. The Morgan fingerprint density at radius 1 is 1.56 bits per heavy atom. The summed E-state index contributed by atoms with van der Waals surface area (Å²) in [4.78, 5) is 10.1. The highest BCUT2D eigenvalue weighted by Crippen LogP contribution is 2.27. The molecule has 0 spiro atoms. The van der Waals surface area contributed by atoms with E-state index in [-0.39, 0.29) is 17.4 Å². The monoisotopic (exact) mass is 226 g/mol. The average Bonchev–Trinajstić information content (AvgIpc) is 2.21. The van der Waals surface area contributed by atoms with Crippen LogP contribution in [-0.2, 0) is 0 Å². The zero-order valence-electron chi connectivity index (χ0n) is 9.37. The number of benzene rings is 1. The van der Waals surface area contributed by atoms with Crippen molar-refractivity contribution in [2.75, 3.05) is 5.32 Å². The Kier molecular flexibility index (Phi) is 4.22. The van der Waals surface area contributed by atoms with Crippen LogP contribution in [0.4, 0.5) is 15.8 Å². The molecule has 4 nitrogen and oxygen atoms in total. The average molecular weight is 226 g/mol. The molecule has 0 aliphatic heterocycles. The van der Waals surface area contributed by atoms with Crippen molar-refractivity contribution < 1.29 is 9.31 Å². The molecule has 0 aliphatic carbocycles. The molecule has 1 rings (SSSR count). The van der Waals surface area contributed by atoms with E-state index < -0.39 is 10.7 Å². The maximum atomic E-state index is 13.4. The van der Waals surface area contributed by atoms with Gasteiger partial charge in [-0.1, -0.05) is 19.4 Å². The van der Waals surface area contributed by atoms with Gasteiger partial charge in [-0.25, -0.2) is 4.39 Å². The van der Waals surface area contributed by atoms with Gasteiger partial charge in [0.1, 0.15) is 5.69 Å². The quantitative estimate of drug-likeness (QED) is 0.618. The van der Waals surface area contributed by atoms with Crippen molar-refractivity contribution in [1.29, 1.82) is 0 Å². The molecule has 1 aromatic carbocycles. The molecule has 0 radical (unpaired) electrons. The van der Waals surface area contributed by atoms with E-state index in [4.69, 9.17) is 0 Å². The van der Waals surface area contributed by atoms with Gasteiger partial charge in [-0.3, -0.25) is 10.1 Å². The van der Waals surface area contributed by atoms with Crippen molar-refractivity contribution in [1.82, 2.24) is 0 Å². The van der Waals surface area contributed by atoms with Crippen LogP contribution in [0.3, 0.4) is 0 Å². The van der Waals surface area contributed by atoms with E-state index in [1.807, 2.05) is 13.8 Å². The van der Waals surface area contributed by atoms with E-state index in [1.54, 1.807) is 0 Å². The van der Waals surface area contributed by atoms with Gasteiger partial charge in [-0.05, 0) is 19.4 Å². The lowest BCUT2D eigenvalue weighted by Crippen LogP contribution is -2.16. The van der Waals surface area contributed by atoms with Crippen LogP contribution in [0.25, 0.3) is 0 Å². The molecule has 1 N–H and O–H groups in total. The molecular weight excluding hydrogens is 211 g/mol. The summed E-state index contributed by atoms with van der Waals surface area (Å²) in [5.74, 6) is -0.586. The molecule has 0 amide bonds. The second-order valence-corrected chi connectivity index (χ2v) is 3.73. The molecule has 1 atom stereocenters. The number of nitro groups is 1. The van der Waals surface area contributed by atoms with Gasteiger partial charge in [-0.2, -0.15) is 0 Å². The van der Waals surface area contributed by atoms with E-state index >= 15 is 0 Å². The first-order valence-electron chi connectivity index (χ1n) is 5.25. The molecule has 88 valence electrons. The predicted octanol–water partition coefficient (Wildman–Crippen LogP) is 3.33. The van der Waals surface area contributed by atoms with E-state index in [1.165, 1.54) is 18.2 Å². The van der Waals surface area contributed by atoms with E-state index in [0.717, 1.165) is 12.8 Å². The summed E-state index contributed by atoms with van der Waals surface area (Å²) in [5.41, 5.74) is -0.239. The maximum Gasteiger partial charge on any atom is 0.295 e. The topological polar surface area (TPSA) is 55.2 Å². The number of rotatable bonds is 5. The molecule has 16 heavy (non-hydrogen) atoms. The lowest BCUT2D eigenvalue weighted by molar-refractivity contribution is -0.384. The summed E-state index contributed by atoms with van der Waals surface area (Å²) in [5, 5.41) is 13.6. The van der Waals surface area contributed by atoms with Gasteiger partial charge in [0, 0.05) is 12.1 Å². The summed E-state index contributed by atoms with van der Waals surface area (Å²) in [6.45, 7) is 3.88. The van der Waals surface area contributed by atoms with Crippen LogP contribution in [0.1, 0.15) is 26.7 Å². The highest BCUT2D eigenvalue weighted by molar-refractivity contribution is 5.62. The van der Waals surface area contributed by atoms with E-state index in [0.29, 0.717) is 0 Å². The van der Waals surface area contributed by atoms with Crippen LogP contribution >= 0.6 is 0 Å². The predicted molar refractivity (Wildman–Crippen MR) is 61.0 cm³/mol. The number of nitro benzene ring substituents is 1. The van der Waals surface area contributed by atoms with Gasteiger partial charge in [0.25, 0.3) is 5.69 Å². The minimum Gasteiger partial charge on any atom is -0.375 e. The number of hydrogen-bond donors (Lipinski definition) is 1. The number of anilines is 1. The van der Waals surface area contributed by atoms with Crippen LogP contribution in [0.2, 0.25) is 0 Å². The Hall–Kier alpha value is -1.65. The highest BCUT2D eigenvalue weighted by atomic mass is 19.1. The molecule has 1 unspecified atom stereocenters. The molecule has 0 saturated carbocycles. The molecule has 0 heterocycles. The number of nitrogens with one attached hydrogen (secondary N) is 1. The van der Waals surface area contributed by atoms with Gasteiger partial charge in [0.2, 0.25) is 0 Å². The summed E-state index contributed by atoms with van der Waals surface area (Å²) in [7, 11) is 0. The molecule has 0 aliphatic rings. The first-order valence-corrected chi connectivity index (χ1v) is 5.25. The number of hydrogen-bond acceptors (Lipinski definition) is 3. The summed E-state index contributed by atoms with van der Waals surface area (Å²) in [6.07, 6.45) is 1.78. The van der Waals surface area contributed by atoms with Gasteiger partial charge in [-0.15, -0.1) is 0 Å². The summed E-state index contributed by atoms with van der Waals surface area (Å²) >= 11 is 0. The first kappa shape index (κ1) is 12.4. The third-order valence-electron chi connectivity index (χ3n) is 2.30. The van der Waals surface area contributed by atoms with Gasteiger partial charge in [0.15, 0.2) is 5.82 Å². The Balaban J connectivity index is 2.97. The van der Waals surface area contributed by atoms with E-state index in [9.17, 15) is 14.5 Å². The lowest BCUT2D eigenvalue weighted by Gasteiger charge is -2.14. The molecule has 5 heteroatoms. The Labute approximate surface area is 93.6 Å². The number of halogens is 1. The molecular formula is C11H15FN2O2. The van der Waals surface area contributed by atoms with Crippen molar-refractivity contribution in [3.05, 3.63) is 34.1 Å². The number of nitrogens with zero attached hydrogens (tertiary/aromatic N) is 1. The molecule has 1 aromatic rings. The van der Waals surface area contributed by atoms with Crippen LogP contribution in [0, 0.1) is 15.9 Å². The van der Waals surface area contributed by atoms with Crippen LogP contribution in [0.5, 0.6) is 0 Å². The van der Waals surface area contributed by atoms with Gasteiger partial charge in [0.05, 0.1) is 4.92 Å². The normalized spacial score (nSPS) is 12.2. The summed E-state index contributed by atoms with van der Waals surface area (Å²) < 4.78 is 13.4. The van der Waals surface area contributed by atoms with E-state index in [2.05, 4.69) is 5.32 Å². The van der Waals surface area contributed by atoms with Crippen molar-refractivity contribution in [2.24, 2.45) is 0 Å². The largest absolute Gasteiger partial charge is 0.375 e. The smallest absolute Gasteiger partial charge is 0.295 e.